The molecule has 182 valence electrons. The van der Waals surface area contributed by atoms with E-state index in [1.807, 2.05) is 0 Å². The summed E-state index contributed by atoms with van der Waals surface area (Å²) in [5.74, 6) is 0.491. The zero-order chi connectivity index (χ0) is 22.8. The summed E-state index contributed by atoms with van der Waals surface area (Å²) >= 11 is 0. The van der Waals surface area contributed by atoms with E-state index >= 15 is 0 Å². The van der Waals surface area contributed by atoms with Gasteiger partial charge in [0.1, 0.15) is 0 Å². The molecule has 1 aliphatic heterocycles. The maximum Gasteiger partial charge on any atom is 0.422 e. The molecule has 1 saturated heterocycles. The van der Waals surface area contributed by atoms with E-state index in [-0.39, 0.29) is 36.4 Å². The Morgan fingerprint density at radius 3 is 2.36 bits per heavy atom. The van der Waals surface area contributed by atoms with Gasteiger partial charge in [-0.2, -0.15) is 13.2 Å². The van der Waals surface area contributed by atoms with E-state index in [2.05, 4.69) is 49.8 Å². The Bertz CT molecular complexity index is 871. The number of hydrogen-bond donors (Lipinski definition) is 2. The third-order valence-electron chi connectivity index (χ3n) is 5.23. The second-order valence-corrected chi connectivity index (χ2v) is 7.80. The molecule has 10 heteroatoms. The van der Waals surface area contributed by atoms with Crippen molar-refractivity contribution in [1.29, 1.82) is 0 Å². The van der Waals surface area contributed by atoms with Gasteiger partial charge in [-0.05, 0) is 43.1 Å². The molecule has 1 aromatic heterocycles. The number of aromatic nitrogens is 1. The highest BCUT2D eigenvalue weighted by atomic mass is 127. The van der Waals surface area contributed by atoms with E-state index in [0.29, 0.717) is 18.1 Å². The second kappa shape index (κ2) is 13.6. The van der Waals surface area contributed by atoms with Gasteiger partial charge < -0.3 is 15.4 Å². The minimum Gasteiger partial charge on any atom is -0.468 e. The van der Waals surface area contributed by atoms with E-state index in [1.54, 1.807) is 19.2 Å². The molecule has 0 atom stereocenters. The summed E-state index contributed by atoms with van der Waals surface area (Å²) in [4.78, 5) is 10.6. The Labute approximate surface area is 210 Å². The molecule has 33 heavy (non-hydrogen) atoms. The number of pyridine rings is 1. The third kappa shape index (κ3) is 9.75. The van der Waals surface area contributed by atoms with Crippen molar-refractivity contribution in [3.8, 4) is 5.88 Å². The van der Waals surface area contributed by atoms with Crippen molar-refractivity contribution in [3.63, 3.8) is 0 Å². The van der Waals surface area contributed by atoms with Crippen LogP contribution in [-0.2, 0) is 19.6 Å². The number of benzene rings is 1. The molecule has 1 aliphatic rings. The van der Waals surface area contributed by atoms with E-state index in [4.69, 9.17) is 4.74 Å². The topological polar surface area (TPSA) is 61.8 Å². The quantitative estimate of drug-likeness (QED) is 0.275. The average molecular weight is 577 g/mol. The Kier molecular flexibility index (Phi) is 11.2. The van der Waals surface area contributed by atoms with Crippen LogP contribution in [0.4, 0.5) is 13.2 Å². The van der Waals surface area contributed by atoms with Gasteiger partial charge in [-0.1, -0.05) is 36.8 Å². The summed E-state index contributed by atoms with van der Waals surface area (Å²) in [7, 11) is 1.64. The summed E-state index contributed by atoms with van der Waals surface area (Å²) < 4.78 is 42.2. The van der Waals surface area contributed by atoms with E-state index in [9.17, 15) is 13.2 Å². The molecule has 2 aromatic rings. The minimum atomic E-state index is -4.41. The SMILES string of the molecule is CN=C(NCc1ccc(CN2CCCCC2)cc1)NCc1cccnc1OCC(F)(F)F.I. The predicted octanol–water partition coefficient (Wildman–Crippen LogP) is 4.49. The fraction of sp³-hybridized carbons (Fsp3) is 0.478. The zero-order valence-corrected chi connectivity index (χ0v) is 21.0. The van der Waals surface area contributed by atoms with Gasteiger partial charge in [-0.25, -0.2) is 4.98 Å². The van der Waals surface area contributed by atoms with Crippen LogP contribution in [0.3, 0.4) is 0 Å². The third-order valence-corrected chi connectivity index (χ3v) is 5.23. The van der Waals surface area contributed by atoms with Crippen molar-refractivity contribution >= 4 is 29.9 Å². The maximum absolute atomic E-state index is 12.4. The Balaban J connectivity index is 0.00000385. The van der Waals surface area contributed by atoms with Crippen LogP contribution < -0.4 is 15.4 Å². The van der Waals surface area contributed by atoms with E-state index in [0.717, 1.165) is 12.1 Å². The fourth-order valence-electron chi connectivity index (χ4n) is 3.56. The molecule has 2 N–H and O–H groups in total. The molecular weight excluding hydrogens is 546 g/mol. The predicted molar refractivity (Wildman–Crippen MR) is 134 cm³/mol. The molecule has 0 saturated carbocycles. The fourth-order valence-corrected chi connectivity index (χ4v) is 3.56. The number of rotatable bonds is 8. The van der Waals surface area contributed by atoms with Crippen molar-refractivity contribution in [3.05, 3.63) is 59.3 Å². The van der Waals surface area contributed by atoms with E-state index < -0.39 is 12.8 Å². The van der Waals surface area contributed by atoms with Crippen molar-refractivity contribution in [1.82, 2.24) is 20.5 Å². The van der Waals surface area contributed by atoms with Crippen molar-refractivity contribution in [2.24, 2.45) is 4.99 Å². The molecule has 6 nitrogen and oxygen atoms in total. The normalized spacial score (nSPS) is 15.0. The number of nitrogens with one attached hydrogen (secondary N) is 2. The number of halogens is 4. The van der Waals surface area contributed by atoms with Gasteiger partial charge in [-0.3, -0.25) is 9.89 Å². The largest absolute Gasteiger partial charge is 0.468 e. The summed E-state index contributed by atoms with van der Waals surface area (Å²) in [5, 5.41) is 6.31. The molecule has 0 amide bonds. The van der Waals surface area contributed by atoms with Gasteiger partial charge >= 0.3 is 6.18 Å². The van der Waals surface area contributed by atoms with Gasteiger partial charge in [0, 0.05) is 38.4 Å². The molecule has 0 unspecified atom stereocenters. The molecule has 2 heterocycles. The second-order valence-electron chi connectivity index (χ2n) is 7.80. The number of piperidine rings is 1. The molecule has 0 aliphatic carbocycles. The molecule has 3 rings (SSSR count). The van der Waals surface area contributed by atoms with Gasteiger partial charge in [0.15, 0.2) is 12.6 Å². The van der Waals surface area contributed by atoms with Crippen LogP contribution in [0.1, 0.15) is 36.0 Å². The number of guanidine groups is 1. The Morgan fingerprint density at radius 1 is 1.03 bits per heavy atom. The molecular formula is C23H31F3IN5O. The van der Waals surface area contributed by atoms with Gasteiger partial charge in [0.05, 0.1) is 0 Å². The number of ether oxygens (including phenoxy) is 1. The number of likely N-dealkylation sites (tertiary alicyclic amines) is 1. The van der Waals surface area contributed by atoms with Crippen LogP contribution >= 0.6 is 24.0 Å². The molecule has 0 radical (unpaired) electrons. The lowest BCUT2D eigenvalue weighted by atomic mass is 10.1. The Hall–Kier alpha value is -2.08. The van der Waals surface area contributed by atoms with Crippen LogP contribution in [0, 0.1) is 0 Å². The number of aliphatic imine (C=N–C) groups is 1. The monoisotopic (exact) mass is 577 g/mol. The molecule has 0 bridgehead atoms. The van der Waals surface area contributed by atoms with Crippen molar-refractivity contribution in [2.75, 3.05) is 26.7 Å². The van der Waals surface area contributed by atoms with Crippen LogP contribution in [0.15, 0.2) is 47.6 Å². The lowest BCUT2D eigenvalue weighted by Gasteiger charge is -2.26. The van der Waals surface area contributed by atoms with Crippen molar-refractivity contribution in [2.45, 2.75) is 45.1 Å². The van der Waals surface area contributed by atoms with E-state index in [1.165, 1.54) is 44.1 Å². The molecule has 1 aromatic carbocycles. The Morgan fingerprint density at radius 2 is 1.70 bits per heavy atom. The lowest BCUT2D eigenvalue weighted by molar-refractivity contribution is -0.154. The summed E-state index contributed by atoms with van der Waals surface area (Å²) in [6.45, 7) is 2.76. The molecule has 0 spiro atoms. The first kappa shape index (κ1) is 27.2. The van der Waals surface area contributed by atoms with Gasteiger partial charge in [0.25, 0.3) is 0 Å². The average Bonchev–Trinajstić information content (AvgIpc) is 2.79. The van der Waals surface area contributed by atoms with Crippen LogP contribution in [0.5, 0.6) is 5.88 Å². The van der Waals surface area contributed by atoms with Crippen LogP contribution in [0.2, 0.25) is 0 Å². The summed E-state index contributed by atoms with van der Waals surface area (Å²) in [6.07, 6.45) is 0.881. The first-order valence-electron chi connectivity index (χ1n) is 10.8. The number of hydrogen-bond acceptors (Lipinski definition) is 4. The lowest BCUT2D eigenvalue weighted by Crippen LogP contribution is -2.36. The van der Waals surface area contributed by atoms with Crippen molar-refractivity contribution < 1.29 is 17.9 Å². The minimum absolute atomic E-state index is 0. The first-order chi connectivity index (χ1) is 15.4. The van der Waals surface area contributed by atoms with Gasteiger partial charge in [-0.15, -0.1) is 24.0 Å². The van der Waals surface area contributed by atoms with Crippen LogP contribution in [-0.4, -0.2) is 48.8 Å². The number of nitrogens with zero attached hydrogens (tertiary/aromatic N) is 3. The summed E-state index contributed by atoms with van der Waals surface area (Å²) in [6, 6.07) is 11.8. The first-order valence-corrected chi connectivity index (χ1v) is 10.8. The highest BCUT2D eigenvalue weighted by Gasteiger charge is 2.29. The maximum atomic E-state index is 12.4. The smallest absolute Gasteiger partial charge is 0.422 e. The number of alkyl halides is 3. The summed E-state index contributed by atoms with van der Waals surface area (Å²) in [5.41, 5.74) is 2.94. The van der Waals surface area contributed by atoms with Gasteiger partial charge in [0.2, 0.25) is 5.88 Å². The molecule has 1 fully saturated rings. The highest BCUT2D eigenvalue weighted by molar-refractivity contribution is 14.0. The van der Waals surface area contributed by atoms with Crippen LogP contribution in [0.25, 0.3) is 0 Å². The standard InChI is InChI=1S/C23H30F3N5O.HI/c1-27-22(30-15-20-6-5-11-28-21(20)32-17-23(24,25)26)29-14-18-7-9-19(10-8-18)16-31-12-3-2-4-13-31;/h5-11H,2-4,12-17H2,1H3,(H2,27,29,30);1H. The highest BCUT2D eigenvalue weighted by Crippen LogP contribution is 2.20. The zero-order valence-electron chi connectivity index (χ0n) is 18.7.